The third-order valence-electron chi connectivity index (χ3n) is 6.23. The molecule has 1 aliphatic heterocycles. The molecular weight excluding hydrogens is 430 g/mol. The van der Waals surface area contributed by atoms with E-state index in [-0.39, 0.29) is 11.8 Å². The van der Waals surface area contributed by atoms with Crippen LogP contribution >= 0.6 is 0 Å². The number of nitrogens with one attached hydrogen (secondary N) is 1. The number of nitrogens with zero attached hydrogens (tertiary/aromatic N) is 4. The van der Waals surface area contributed by atoms with Crippen LogP contribution in [0.5, 0.6) is 5.75 Å². The predicted molar refractivity (Wildman–Crippen MR) is 133 cm³/mol. The summed E-state index contributed by atoms with van der Waals surface area (Å²) in [7, 11) is 1.63. The smallest absolute Gasteiger partial charge is 0.324 e. The number of hydrogen-bond donors (Lipinski definition) is 1. The van der Waals surface area contributed by atoms with Crippen molar-refractivity contribution in [1.29, 1.82) is 0 Å². The topological polar surface area (TPSA) is 83.7 Å². The fourth-order valence-corrected chi connectivity index (χ4v) is 4.30. The highest BCUT2D eigenvalue weighted by molar-refractivity contribution is 5.79. The van der Waals surface area contributed by atoms with Gasteiger partial charge in [-0.05, 0) is 62.6 Å². The van der Waals surface area contributed by atoms with Crippen LogP contribution in [0.1, 0.15) is 26.2 Å². The van der Waals surface area contributed by atoms with Crippen molar-refractivity contribution < 1.29 is 14.1 Å². The Labute approximate surface area is 200 Å². The number of rotatable bonds is 10. The van der Waals surface area contributed by atoms with Crippen molar-refractivity contribution in [3.05, 3.63) is 54.6 Å². The van der Waals surface area contributed by atoms with Gasteiger partial charge in [-0.2, -0.15) is 4.98 Å². The molecule has 1 atom stereocenters. The van der Waals surface area contributed by atoms with Crippen LogP contribution in [0.2, 0.25) is 0 Å². The van der Waals surface area contributed by atoms with Crippen molar-refractivity contribution >= 4 is 17.6 Å². The summed E-state index contributed by atoms with van der Waals surface area (Å²) in [6, 6.07) is 18.4. The van der Waals surface area contributed by atoms with Crippen molar-refractivity contribution in [2.45, 2.75) is 26.2 Å². The van der Waals surface area contributed by atoms with E-state index in [2.05, 4.69) is 51.5 Å². The second-order valence-corrected chi connectivity index (χ2v) is 8.47. The zero-order chi connectivity index (χ0) is 23.8. The molecular formula is C26H33N5O3. The third kappa shape index (κ3) is 5.87. The van der Waals surface area contributed by atoms with Crippen LogP contribution < -0.4 is 19.9 Å². The quantitative estimate of drug-likeness (QED) is 0.455. The monoisotopic (exact) mass is 463 g/mol. The average Bonchev–Trinajstić information content (AvgIpc) is 3.40. The van der Waals surface area contributed by atoms with Crippen molar-refractivity contribution in [3.63, 3.8) is 0 Å². The predicted octanol–water partition coefficient (Wildman–Crippen LogP) is 3.99. The highest BCUT2D eigenvalue weighted by Crippen LogP contribution is 2.26. The molecule has 1 aliphatic rings. The molecule has 1 N–H and O–H groups in total. The Morgan fingerprint density at radius 2 is 2.00 bits per heavy atom. The summed E-state index contributed by atoms with van der Waals surface area (Å²) < 4.78 is 10.7. The summed E-state index contributed by atoms with van der Waals surface area (Å²) in [5, 5.41) is 7.25. The number of carbonyl (C=O) groups is 1. The second kappa shape index (κ2) is 11.5. The molecule has 2 heterocycles. The van der Waals surface area contributed by atoms with E-state index in [1.54, 1.807) is 7.11 Å². The number of hydrogen-bond acceptors (Lipinski definition) is 7. The molecule has 8 heteroatoms. The normalized spacial score (nSPS) is 15.7. The first-order valence-electron chi connectivity index (χ1n) is 12.0. The van der Waals surface area contributed by atoms with Gasteiger partial charge in [0.2, 0.25) is 11.7 Å². The maximum absolute atomic E-state index is 12.8. The van der Waals surface area contributed by atoms with Crippen LogP contribution in [-0.4, -0.2) is 55.9 Å². The van der Waals surface area contributed by atoms with E-state index >= 15 is 0 Å². The van der Waals surface area contributed by atoms with Gasteiger partial charge in [-0.1, -0.05) is 23.4 Å². The first kappa shape index (κ1) is 23.6. The van der Waals surface area contributed by atoms with Crippen LogP contribution in [0.25, 0.3) is 11.4 Å². The number of anilines is 2. The Balaban J connectivity index is 1.26. The van der Waals surface area contributed by atoms with Gasteiger partial charge in [0.15, 0.2) is 0 Å². The minimum absolute atomic E-state index is 0.0820. The molecule has 1 fully saturated rings. The Morgan fingerprint density at radius 3 is 2.74 bits per heavy atom. The molecule has 1 unspecified atom stereocenters. The van der Waals surface area contributed by atoms with Crippen LogP contribution in [0, 0.1) is 5.92 Å². The Bertz CT molecular complexity index is 1040. The Morgan fingerprint density at radius 1 is 1.21 bits per heavy atom. The number of amides is 1. The number of benzene rings is 2. The maximum atomic E-state index is 12.8. The van der Waals surface area contributed by atoms with Crippen molar-refractivity contribution in [2.75, 3.05) is 49.6 Å². The summed E-state index contributed by atoms with van der Waals surface area (Å²) in [4.78, 5) is 21.7. The number of aromatic nitrogens is 2. The molecule has 1 saturated heterocycles. The van der Waals surface area contributed by atoms with Gasteiger partial charge < -0.3 is 24.4 Å². The minimum Gasteiger partial charge on any atom is -0.497 e. The summed E-state index contributed by atoms with van der Waals surface area (Å²) in [5.41, 5.74) is 2.08. The molecule has 0 radical (unpaired) electrons. The fourth-order valence-electron chi connectivity index (χ4n) is 4.30. The van der Waals surface area contributed by atoms with Gasteiger partial charge in [0.05, 0.1) is 13.0 Å². The molecule has 34 heavy (non-hydrogen) atoms. The van der Waals surface area contributed by atoms with Crippen LogP contribution in [0.3, 0.4) is 0 Å². The van der Waals surface area contributed by atoms with Gasteiger partial charge >= 0.3 is 6.01 Å². The lowest BCUT2D eigenvalue weighted by Crippen LogP contribution is -2.43. The van der Waals surface area contributed by atoms with Crippen LogP contribution in [0.15, 0.2) is 59.1 Å². The highest BCUT2D eigenvalue weighted by Gasteiger charge is 2.28. The van der Waals surface area contributed by atoms with E-state index in [9.17, 15) is 4.79 Å². The second-order valence-electron chi connectivity index (χ2n) is 8.47. The van der Waals surface area contributed by atoms with E-state index < -0.39 is 0 Å². The summed E-state index contributed by atoms with van der Waals surface area (Å²) in [6.45, 7) is 6.06. The molecule has 8 nitrogen and oxygen atoms in total. The number of methoxy groups -OCH3 is 1. The highest BCUT2D eigenvalue weighted by atomic mass is 16.5. The van der Waals surface area contributed by atoms with Gasteiger partial charge in [-0.25, -0.2) is 0 Å². The summed E-state index contributed by atoms with van der Waals surface area (Å²) >= 11 is 0. The lowest BCUT2D eigenvalue weighted by molar-refractivity contribution is -0.125. The molecule has 0 bridgehead atoms. The summed E-state index contributed by atoms with van der Waals surface area (Å²) in [6.07, 6.45) is 2.68. The molecule has 3 aromatic rings. The molecule has 0 saturated carbocycles. The molecule has 1 aromatic heterocycles. The third-order valence-corrected chi connectivity index (χ3v) is 6.23. The van der Waals surface area contributed by atoms with E-state index in [1.807, 2.05) is 35.2 Å². The number of piperidine rings is 1. The SMILES string of the molecule is CCN(CCCNC(=O)C1CCCN(c2nc(-c3ccc(OC)cc3)no2)C1)c1ccccc1. The lowest BCUT2D eigenvalue weighted by atomic mass is 9.97. The zero-order valence-electron chi connectivity index (χ0n) is 19.9. The lowest BCUT2D eigenvalue weighted by Gasteiger charge is -2.30. The fraction of sp³-hybridized carbons (Fsp3) is 0.423. The van der Waals surface area contributed by atoms with Crippen LogP contribution in [-0.2, 0) is 4.79 Å². The van der Waals surface area contributed by atoms with Crippen molar-refractivity contribution in [1.82, 2.24) is 15.5 Å². The average molecular weight is 464 g/mol. The van der Waals surface area contributed by atoms with E-state index in [4.69, 9.17) is 9.26 Å². The molecule has 2 aromatic carbocycles. The Kier molecular flexibility index (Phi) is 8.01. The van der Waals surface area contributed by atoms with Gasteiger partial charge in [0.1, 0.15) is 5.75 Å². The standard InChI is InChI=1S/C26H33N5O3/c1-3-30(22-10-5-4-6-11-22)18-8-16-27-25(32)21-9-7-17-31(19-21)26-28-24(29-34-26)20-12-14-23(33-2)15-13-20/h4-6,10-15,21H,3,7-9,16-19H2,1-2H3,(H,27,32). The van der Waals surface area contributed by atoms with Crippen molar-refractivity contribution in [3.8, 4) is 17.1 Å². The van der Waals surface area contributed by atoms with Gasteiger partial charge in [0.25, 0.3) is 0 Å². The van der Waals surface area contributed by atoms with E-state index in [0.717, 1.165) is 50.2 Å². The number of ether oxygens (including phenoxy) is 1. The largest absolute Gasteiger partial charge is 0.497 e. The van der Waals surface area contributed by atoms with Crippen molar-refractivity contribution in [2.24, 2.45) is 5.92 Å². The minimum atomic E-state index is -0.0820. The van der Waals surface area contributed by atoms with E-state index in [0.29, 0.717) is 24.9 Å². The Hall–Kier alpha value is -3.55. The first-order valence-corrected chi connectivity index (χ1v) is 12.0. The zero-order valence-corrected chi connectivity index (χ0v) is 19.9. The molecule has 180 valence electrons. The van der Waals surface area contributed by atoms with Gasteiger partial charge in [-0.3, -0.25) is 4.79 Å². The number of para-hydroxylation sites is 1. The van der Waals surface area contributed by atoms with Gasteiger partial charge in [-0.15, -0.1) is 0 Å². The van der Waals surface area contributed by atoms with Crippen LogP contribution in [0.4, 0.5) is 11.7 Å². The molecule has 4 rings (SSSR count). The maximum Gasteiger partial charge on any atom is 0.324 e. The van der Waals surface area contributed by atoms with E-state index in [1.165, 1.54) is 5.69 Å². The molecule has 0 aliphatic carbocycles. The molecule has 0 spiro atoms. The van der Waals surface area contributed by atoms with Gasteiger partial charge in [0, 0.05) is 44.0 Å². The number of carbonyl (C=O) groups excluding carboxylic acids is 1. The first-order chi connectivity index (χ1) is 16.7. The molecule has 1 amide bonds. The summed E-state index contributed by atoms with van der Waals surface area (Å²) in [5.74, 6) is 1.33.